The van der Waals surface area contributed by atoms with E-state index < -0.39 is 5.91 Å². The van der Waals surface area contributed by atoms with Gasteiger partial charge in [0.2, 0.25) is 0 Å². The highest BCUT2D eigenvalue weighted by atomic mass is 16.5. The Labute approximate surface area is 250 Å². The predicted molar refractivity (Wildman–Crippen MR) is 171 cm³/mol. The van der Waals surface area contributed by atoms with E-state index >= 15 is 0 Å². The summed E-state index contributed by atoms with van der Waals surface area (Å²) in [6, 6.07) is 13.3. The summed E-state index contributed by atoms with van der Waals surface area (Å²) in [7, 11) is 1.31. The first kappa shape index (κ1) is 33.7. The molecule has 0 unspecified atom stereocenters. The van der Waals surface area contributed by atoms with Gasteiger partial charge >= 0.3 is 0 Å². The van der Waals surface area contributed by atoms with Crippen LogP contribution in [0, 0.1) is 0 Å². The second kappa shape index (κ2) is 18.1. The van der Waals surface area contributed by atoms with E-state index in [0.29, 0.717) is 24.1 Å². The van der Waals surface area contributed by atoms with Crippen molar-refractivity contribution in [1.82, 2.24) is 4.90 Å². The van der Waals surface area contributed by atoms with Crippen LogP contribution in [0.5, 0.6) is 0 Å². The number of carbonyl (C=O) groups excluding carboxylic acids is 3. The number of ether oxygens (including phenoxy) is 1. The lowest BCUT2D eigenvalue weighted by atomic mass is 9.98. The van der Waals surface area contributed by atoms with Crippen molar-refractivity contribution >= 4 is 35.4 Å². The van der Waals surface area contributed by atoms with Crippen molar-refractivity contribution in [2.45, 2.75) is 59.3 Å². The second-order valence-corrected chi connectivity index (χ2v) is 9.79. The molecule has 0 aromatic heterocycles. The summed E-state index contributed by atoms with van der Waals surface area (Å²) in [5, 5.41) is 2.82. The Kier molecular flexibility index (Phi) is 14.5. The van der Waals surface area contributed by atoms with Crippen molar-refractivity contribution in [3.63, 3.8) is 0 Å². The topological polar surface area (TPSA) is 114 Å². The number of hydrogen-bond donors (Lipinski definition) is 2. The highest BCUT2D eigenvalue weighted by Crippen LogP contribution is 2.23. The van der Waals surface area contributed by atoms with Crippen LogP contribution in [-0.2, 0) is 27.2 Å². The summed E-state index contributed by atoms with van der Waals surface area (Å²) in [6.45, 7) is 12.2. The Morgan fingerprint density at radius 1 is 1.02 bits per heavy atom. The zero-order valence-corrected chi connectivity index (χ0v) is 25.3. The summed E-state index contributed by atoms with van der Waals surface area (Å²) in [4.78, 5) is 41.1. The number of aliphatic imine (C=N–C) groups is 1. The lowest BCUT2D eigenvalue weighted by Crippen LogP contribution is -2.27. The van der Waals surface area contributed by atoms with Gasteiger partial charge in [-0.2, -0.15) is 0 Å². The molecule has 1 aliphatic heterocycles. The molecule has 1 fully saturated rings. The molecule has 2 amide bonds. The third-order valence-electron chi connectivity index (χ3n) is 6.77. The first-order valence-corrected chi connectivity index (χ1v) is 14.5. The van der Waals surface area contributed by atoms with Crippen LogP contribution in [0.1, 0.15) is 73.5 Å². The highest BCUT2D eigenvalue weighted by molar-refractivity contribution is 6.09. The van der Waals surface area contributed by atoms with Crippen LogP contribution in [-0.4, -0.2) is 49.1 Å². The van der Waals surface area contributed by atoms with E-state index in [2.05, 4.69) is 55.6 Å². The van der Waals surface area contributed by atoms with Crippen LogP contribution in [0.2, 0.25) is 0 Å². The number of likely N-dealkylation sites (tertiary alicyclic amines) is 1. The van der Waals surface area contributed by atoms with Gasteiger partial charge in [-0.15, -0.1) is 0 Å². The van der Waals surface area contributed by atoms with Gasteiger partial charge in [-0.25, -0.2) is 0 Å². The van der Waals surface area contributed by atoms with Gasteiger partial charge in [-0.3, -0.25) is 19.4 Å². The number of nitrogens with two attached hydrogens (primary N) is 1. The van der Waals surface area contributed by atoms with Crippen molar-refractivity contribution in [1.29, 1.82) is 0 Å². The molecule has 0 aliphatic carbocycles. The third kappa shape index (κ3) is 10.2. The molecule has 2 aromatic carbocycles. The average Bonchev–Trinajstić information content (AvgIpc) is 3.56. The van der Waals surface area contributed by atoms with Crippen molar-refractivity contribution in [2.24, 2.45) is 10.7 Å². The minimum absolute atomic E-state index is 0.0268. The first-order chi connectivity index (χ1) is 20.3. The lowest BCUT2D eigenvalue weighted by molar-refractivity contribution is -0.126. The highest BCUT2D eigenvalue weighted by Gasteiger charge is 2.19. The number of nitrogens with zero attached hydrogens (tertiary/aromatic N) is 2. The van der Waals surface area contributed by atoms with E-state index in [1.165, 1.54) is 18.2 Å². The van der Waals surface area contributed by atoms with Crippen LogP contribution >= 0.6 is 0 Å². The van der Waals surface area contributed by atoms with Gasteiger partial charge in [0.05, 0.1) is 18.5 Å². The fourth-order valence-electron chi connectivity index (χ4n) is 4.59. The van der Waals surface area contributed by atoms with Crippen LogP contribution < -0.4 is 11.1 Å². The number of nitrogens with one attached hydrogen (secondary N) is 1. The van der Waals surface area contributed by atoms with E-state index in [1.54, 1.807) is 36.4 Å². The van der Waals surface area contributed by atoms with Gasteiger partial charge < -0.3 is 20.7 Å². The largest absolute Gasteiger partial charge is 0.471 e. The van der Waals surface area contributed by atoms with Gasteiger partial charge in [0, 0.05) is 35.6 Å². The monoisotopic (exact) mass is 572 g/mol. The van der Waals surface area contributed by atoms with Crippen LogP contribution in [0.25, 0.3) is 5.70 Å². The Morgan fingerprint density at radius 2 is 1.64 bits per heavy atom. The molecule has 0 atom stereocenters. The normalized spacial score (nSPS) is 13.6. The molecule has 224 valence electrons. The van der Waals surface area contributed by atoms with Gasteiger partial charge in [0.1, 0.15) is 0 Å². The van der Waals surface area contributed by atoms with E-state index in [9.17, 15) is 9.59 Å². The fourth-order valence-corrected chi connectivity index (χ4v) is 4.59. The fraction of sp³-hybridized carbons (Fsp3) is 0.353. The summed E-state index contributed by atoms with van der Waals surface area (Å²) in [6.07, 6.45) is 10.8. The van der Waals surface area contributed by atoms with Crippen molar-refractivity contribution in [2.75, 3.05) is 25.5 Å². The molecule has 0 radical (unpaired) electrons. The summed E-state index contributed by atoms with van der Waals surface area (Å²) < 4.78 is 3.86. The molecule has 3 rings (SSSR count). The van der Waals surface area contributed by atoms with E-state index in [-0.39, 0.29) is 11.6 Å². The number of aryl methyl sites for hydroxylation is 2. The van der Waals surface area contributed by atoms with Gasteiger partial charge in [0.25, 0.3) is 18.3 Å². The summed E-state index contributed by atoms with van der Waals surface area (Å²) >= 11 is 0. The van der Waals surface area contributed by atoms with E-state index in [1.807, 2.05) is 11.0 Å². The molecule has 8 heteroatoms. The van der Waals surface area contributed by atoms with Gasteiger partial charge in [-0.05, 0) is 85.7 Å². The number of amides is 2. The number of anilines is 1. The quantitative estimate of drug-likeness (QED) is 0.138. The van der Waals surface area contributed by atoms with Gasteiger partial charge in [0.15, 0.2) is 0 Å². The van der Waals surface area contributed by atoms with Crippen LogP contribution in [0.4, 0.5) is 5.69 Å². The molecule has 1 aliphatic rings. The van der Waals surface area contributed by atoms with Crippen molar-refractivity contribution in [3.8, 4) is 0 Å². The maximum absolute atomic E-state index is 12.9. The van der Waals surface area contributed by atoms with Crippen molar-refractivity contribution in [3.05, 3.63) is 95.2 Å². The Hall–Kier alpha value is -4.46. The Bertz CT molecular complexity index is 1300. The average molecular weight is 573 g/mol. The molecule has 42 heavy (non-hydrogen) atoms. The van der Waals surface area contributed by atoms with Crippen LogP contribution in [0.3, 0.4) is 0 Å². The third-order valence-corrected chi connectivity index (χ3v) is 6.77. The van der Waals surface area contributed by atoms with E-state index in [0.717, 1.165) is 62.2 Å². The smallest absolute Gasteiger partial charge is 0.292 e. The van der Waals surface area contributed by atoms with Crippen molar-refractivity contribution < 1.29 is 19.1 Å². The maximum atomic E-state index is 12.9. The Balaban J connectivity index is 0.00000144. The predicted octanol–water partition coefficient (Wildman–Crippen LogP) is 6.09. The van der Waals surface area contributed by atoms with Gasteiger partial charge in [-0.1, -0.05) is 52.0 Å². The molecule has 1 heterocycles. The molecule has 0 bridgehead atoms. The number of allylic oxidation sites excluding steroid dienone is 3. The number of methoxy groups -OCH3 is 1. The Morgan fingerprint density at radius 3 is 2.19 bits per heavy atom. The summed E-state index contributed by atoms with van der Waals surface area (Å²) in [5.74, 6) is -0.388. The van der Waals surface area contributed by atoms with Crippen LogP contribution in [0.15, 0.2) is 78.0 Å². The second-order valence-electron chi connectivity index (χ2n) is 9.79. The molecule has 0 spiro atoms. The number of hydrogen-bond acceptors (Lipinski definition) is 6. The zero-order valence-electron chi connectivity index (χ0n) is 25.3. The molecule has 2 aromatic rings. The minimum Gasteiger partial charge on any atom is -0.471 e. The lowest BCUT2D eigenvalue weighted by Gasteiger charge is -2.15. The minimum atomic E-state index is -0.415. The van der Waals surface area contributed by atoms with E-state index in [4.69, 9.17) is 15.5 Å². The standard InChI is InChI=1S/C32H40N4O2.C2H4O2/c1-5-11-28(34-30(12-6-2)26-14-13-23(7-3)24(8-4)21-26)22-29(33)31(37)35-27-17-15-25(16-18-27)32(38)36-19-9-10-20-36;1-4-2-3/h6,12-18,21-22H,2,5,7-11,19-20,33H2,1,3-4H3,(H,35,37);2H,1H3/b29-22-,30-12-,34-28-;. The number of benzene rings is 2. The SMILES string of the molecule is C=C\C=C(/N=C(\C=C(/N)C(=O)Nc1ccc(C(=O)N2CCCC2)cc1)CCC)c1ccc(CC)c(CC)c1.COC=O. The first-order valence-electron chi connectivity index (χ1n) is 14.5. The molecular formula is C34H44N4O4. The molecule has 3 N–H and O–H groups in total. The number of carbonyl (C=O) groups is 3. The zero-order chi connectivity index (χ0) is 30.9. The molecule has 8 nitrogen and oxygen atoms in total. The molecule has 0 saturated carbocycles. The summed E-state index contributed by atoms with van der Waals surface area (Å²) in [5.41, 5.74) is 12.6. The maximum Gasteiger partial charge on any atom is 0.292 e. The number of rotatable bonds is 12. The molecular weight excluding hydrogens is 528 g/mol. The molecule has 1 saturated heterocycles.